The summed E-state index contributed by atoms with van der Waals surface area (Å²) in [5.74, 6) is -0.247. The summed E-state index contributed by atoms with van der Waals surface area (Å²) in [6.45, 7) is 3.83. The van der Waals surface area contributed by atoms with Crippen LogP contribution in [0.5, 0.6) is 5.88 Å². The molecule has 1 fully saturated rings. The molecule has 2 aromatic heterocycles. The van der Waals surface area contributed by atoms with E-state index in [0.29, 0.717) is 5.69 Å². The van der Waals surface area contributed by atoms with Crippen molar-refractivity contribution in [1.29, 1.82) is 0 Å². The molecule has 10 heteroatoms. The van der Waals surface area contributed by atoms with Gasteiger partial charge in [-0.2, -0.15) is 13.2 Å². The molecular formula is C26H25F3N4O2S. The van der Waals surface area contributed by atoms with Crippen LogP contribution < -0.4 is 10.6 Å². The van der Waals surface area contributed by atoms with Crippen LogP contribution in [0.3, 0.4) is 0 Å². The molecule has 188 valence electrons. The minimum atomic E-state index is -4.40. The Kier molecular flexibility index (Phi) is 6.46. The molecule has 0 aliphatic carbocycles. The summed E-state index contributed by atoms with van der Waals surface area (Å²) in [4.78, 5) is 20.3. The lowest BCUT2D eigenvalue weighted by Gasteiger charge is -2.29. The number of para-hydroxylation sites is 1. The number of nitrogens with zero attached hydrogens (tertiary/aromatic N) is 4. The number of hydrogen-bond acceptors (Lipinski definition) is 5. The summed E-state index contributed by atoms with van der Waals surface area (Å²) in [6, 6.07) is 13.3. The molecule has 5 rings (SSSR count). The highest BCUT2D eigenvalue weighted by molar-refractivity contribution is 8.00. The van der Waals surface area contributed by atoms with E-state index < -0.39 is 11.2 Å². The molecule has 0 spiro atoms. The Balaban J connectivity index is 1.50. The lowest BCUT2D eigenvalue weighted by atomic mass is 10.1. The first kappa shape index (κ1) is 24.3. The van der Waals surface area contributed by atoms with E-state index in [1.54, 1.807) is 13.1 Å². The zero-order valence-electron chi connectivity index (χ0n) is 19.6. The third-order valence-electron chi connectivity index (χ3n) is 6.56. The Bertz CT molecular complexity index is 1460. The Morgan fingerprint density at radius 1 is 1.03 bits per heavy atom. The molecule has 0 unspecified atom stereocenters. The van der Waals surface area contributed by atoms with Crippen LogP contribution in [0.2, 0.25) is 0 Å². The first-order valence-corrected chi connectivity index (χ1v) is 12.5. The van der Waals surface area contributed by atoms with Crippen LogP contribution >= 0.6 is 11.8 Å². The monoisotopic (exact) mass is 514 g/mol. The minimum absolute atomic E-state index is 0.00251. The first-order valence-electron chi connectivity index (χ1n) is 11.7. The van der Waals surface area contributed by atoms with Gasteiger partial charge >= 0.3 is 11.2 Å². The zero-order valence-corrected chi connectivity index (χ0v) is 20.4. The largest absolute Gasteiger partial charge is 0.493 e. The van der Waals surface area contributed by atoms with Crippen LogP contribution in [-0.4, -0.2) is 37.8 Å². The third-order valence-corrected chi connectivity index (χ3v) is 7.30. The van der Waals surface area contributed by atoms with E-state index >= 15 is 0 Å². The maximum Gasteiger partial charge on any atom is 0.446 e. The standard InChI is InChI=1S/C26H25F3N4O2S/c1-17-24(34)33(19-8-10-20(11-9-19)36-26(27,28)29)25(35)32(17)16-18-12-13-30-23-21(18)6-5-7-22(23)31-14-3-2-4-15-31/h5-13,34H,2-4,14-16H2,1H3. The molecular weight excluding hydrogens is 489 g/mol. The minimum Gasteiger partial charge on any atom is -0.493 e. The van der Waals surface area contributed by atoms with E-state index in [1.165, 1.54) is 35.3 Å². The Hall–Kier alpha value is -3.40. The van der Waals surface area contributed by atoms with E-state index in [2.05, 4.69) is 16.0 Å². The number of aromatic nitrogens is 3. The van der Waals surface area contributed by atoms with Crippen molar-refractivity contribution in [3.63, 3.8) is 0 Å². The van der Waals surface area contributed by atoms with Gasteiger partial charge in [-0.15, -0.1) is 0 Å². The molecule has 36 heavy (non-hydrogen) atoms. The number of thioether (sulfide) groups is 1. The highest BCUT2D eigenvalue weighted by Gasteiger charge is 2.29. The number of fused-ring (bicyclic) bond motifs is 1. The van der Waals surface area contributed by atoms with Gasteiger partial charge in [-0.3, -0.25) is 9.55 Å². The smallest absolute Gasteiger partial charge is 0.446 e. The third kappa shape index (κ3) is 4.69. The van der Waals surface area contributed by atoms with Crippen LogP contribution in [-0.2, 0) is 6.54 Å². The summed E-state index contributed by atoms with van der Waals surface area (Å²) in [5, 5.41) is 11.7. The number of benzene rings is 2. The van der Waals surface area contributed by atoms with E-state index in [0.717, 1.165) is 52.7 Å². The van der Waals surface area contributed by atoms with E-state index in [9.17, 15) is 23.1 Å². The van der Waals surface area contributed by atoms with E-state index in [4.69, 9.17) is 0 Å². The zero-order chi connectivity index (χ0) is 25.4. The molecule has 1 saturated heterocycles. The molecule has 0 atom stereocenters. The number of aromatic hydroxyl groups is 1. The number of pyridine rings is 1. The van der Waals surface area contributed by atoms with Gasteiger partial charge in [-0.1, -0.05) is 12.1 Å². The fraction of sp³-hybridized carbons (Fsp3) is 0.308. The fourth-order valence-electron chi connectivity index (χ4n) is 4.77. The second kappa shape index (κ2) is 9.57. The molecule has 0 bridgehead atoms. The van der Waals surface area contributed by atoms with Gasteiger partial charge in [0.2, 0.25) is 5.88 Å². The lowest BCUT2D eigenvalue weighted by molar-refractivity contribution is -0.0328. The van der Waals surface area contributed by atoms with Crippen LogP contribution in [0.15, 0.2) is 64.4 Å². The highest BCUT2D eigenvalue weighted by Crippen LogP contribution is 2.37. The number of piperidine rings is 1. The van der Waals surface area contributed by atoms with Crippen molar-refractivity contribution in [2.75, 3.05) is 18.0 Å². The predicted octanol–water partition coefficient (Wildman–Crippen LogP) is 5.85. The van der Waals surface area contributed by atoms with Crippen LogP contribution in [0.25, 0.3) is 16.6 Å². The van der Waals surface area contributed by atoms with Crippen LogP contribution in [0.1, 0.15) is 30.5 Å². The maximum atomic E-state index is 13.3. The summed E-state index contributed by atoms with van der Waals surface area (Å²) < 4.78 is 40.5. The number of rotatable bonds is 5. The first-order chi connectivity index (χ1) is 17.2. The number of halogens is 3. The summed E-state index contributed by atoms with van der Waals surface area (Å²) >= 11 is -0.229. The summed E-state index contributed by atoms with van der Waals surface area (Å²) in [5.41, 5.74) is -1.37. The topological polar surface area (TPSA) is 63.3 Å². The molecule has 1 N–H and O–H groups in total. The summed E-state index contributed by atoms with van der Waals surface area (Å²) in [6.07, 6.45) is 5.26. The molecule has 0 amide bonds. The van der Waals surface area contributed by atoms with Crippen molar-refractivity contribution < 1.29 is 18.3 Å². The van der Waals surface area contributed by atoms with E-state index in [-0.39, 0.29) is 34.8 Å². The van der Waals surface area contributed by atoms with Crippen LogP contribution in [0.4, 0.5) is 18.9 Å². The average Bonchev–Trinajstić information content (AvgIpc) is 3.07. The highest BCUT2D eigenvalue weighted by atomic mass is 32.2. The SMILES string of the molecule is Cc1c(O)n(-c2ccc(SC(F)(F)F)cc2)c(=O)n1Cc1ccnc2c(N3CCCCC3)cccc12. The van der Waals surface area contributed by atoms with Gasteiger partial charge in [0.1, 0.15) is 0 Å². The van der Waals surface area contributed by atoms with Gasteiger partial charge in [-0.05, 0) is 79.9 Å². The average molecular weight is 515 g/mol. The molecule has 2 aromatic carbocycles. The van der Waals surface area contributed by atoms with Crippen LogP contribution in [0, 0.1) is 6.92 Å². The molecule has 0 saturated carbocycles. The Morgan fingerprint density at radius 2 is 1.75 bits per heavy atom. The molecule has 1 aliphatic rings. The Labute approximate surface area is 210 Å². The number of hydrogen-bond donors (Lipinski definition) is 1. The van der Waals surface area contributed by atoms with Gasteiger partial charge in [0, 0.05) is 29.6 Å². The molecule has 0 radical (unpaired) electrons. The summed E-state index contributed by atoms with van der Waals surface area (Å²) in [7, 11) is 0. The van der Waals surface area contributed by atoms with Crippen molar-refractivity contribution in [2.45, 2.75) is 43.1 Å². The van der Waals surface area contributed by atoms with Gasteiger partial charge in [0.05, 0.1) is 29.1 Å². The second-order valence-corrected chi connectivity index (χ2v) is 9.98. The second-order valence-electron chi connectivity index (χ2n) is 8.85. The number of alkyl halides is 3. The van der Waals surface area contributed by atoms with Gasteiger partial charge in [-0.25, -0.2) is 9.36 Å². The fourth-order valence-corrected chi connectivity index (χ4v) is 5.31. The van der Waals surface area contributed by atoms with Crippen molar-refractivity contribution >= 4 is 28.4 Å². The van der Waals surface area contributed by atoms with Gasteiger partial charge in [0.15, 0.2) is 0 Å². The van der Waals surface area contributed by atoms with Gasteiger partial charge in [0.25, 0.3) is 0 Å². The van der Waals surface area contributed by atoms with Crippen molar-refractivity contribution in [3.8, 4) is 11.6 Å². The number of imidazole rings is 1. The number of anilines is 1. The molecule has 1 aliphatic heterocycles. The van der Waals surface area contributed by atoms with Gasteiger partial charge < -0.3 is 10.0 Å². The molecule has 4 aromatic rings. The molecule has 3 heterocycles. The van der Waals surface area contributed by atoms with Crippen molar-refractivity contribution in [3.05, 3.63) is 76.5 Å². The molecule has 6 nitrogen and oxygen atoms in total. The quantitative estimate of drug-likeness (QED) is 0.339. The predicted molar refractivity (Wildman–Crippen MR) is 135 cm³/mol. The normalized spacial score (nSPS) is 14.5. The maximum absolute atomic E-state index is 13.3. The van der Waals surface area contributed by atoms with Crippen molar-refractivity contribution in [2.24, 2.45) is 0 Å². The Morgan fingerprint density at radius 3 is 2.44 bits per heavy atom. The lowest BCUT2D eigenvalue weighted by Crippen LogP contribution is -2.29. The van der Waals surface area contributed by atoms with E-state index in [1.807, 2.05) is 18.2 Å². The van der Waals surface area contributed by atoms with Crippen molar-refractivity contribution in [1.82, 2.24) is 14.1 Å².